The second-order valence-corrected chi connectivity index (χ2v) is 10.6. The molecule has 0 spiro atoms. The third-order valence-corrected chi connectivity index (χ3v) is 8.19. The Hall–Kier alpha value is -0.0700. The Balaban J connectivity index is 1.35. The Morgan fingerprint density at radius 2 is 1.03 bits per heavy atom. The molecule has 29 heavy (non-hydrogen) atoms. The molecule has 0 saturated heterocycles. The van der Waals surface area contributed by atoms with Crippen molar-refractivity contribution in [2.45, 2.75) is 167 Å². The van der Waals surface area contributed by atoms with Crippen molar-refractivity contribution in [1.82, 2.24) is 0 Å². The normalized spacial score (nSPS) is 27.1. The van der Waals surface area contributed by atoms with Gasteiger partial charge in [-0.2, -0.15) is 0 Å². The van der Waals surface area contributed by atoms with Crippen molar-refractivity contribution in [3.8, 4) is 0 Å². The lowest BCUT2D eigenvalue weighted by Gasteiger charge is -2.45. The summed E-state index contributed by atoms with van der Waals surface area (Å²) in [5.74, 6) is 1.14. The van der Waals surface area contributed by atoms with E-state index in [1.54, 1.807) is 0 Å². The molecule has 0 heterocycles. The first kappa shape index (κ1) is 25.2. The van der Waals surface area contributed by atoms with Crippen LogP contribution in [0.25, 0.3) is 0 Å². The van der Waals surface area contributed by atoms with Gasteiger partial charge in [0, 0.05) is 0 Å². The first-order valence-electron chi connectivity index (χ1n) is 13.9. The number of hydrogen-bond donors (Lipinski definition) is 0. The zero-order valence-corrected chi connectivity index (χ0v) is 20.0. The lowest BCUT2D eigenvalue weighted by molar-refractivity contribution is -0.0294. The van der Waals surface area contributed by atoms with Crippen LogP contribution in [0.1, 0.15) is 161 Å². The molecule has 0 nitrogen and oxygen atoms in total. The van der Waals surface area contributed by atoms with Crippen LogP contribution in [0.3, 0.4) is 0 Å². The van der Waals surface area contributed by atoms with E-state index in [0.717, 1.165) is 31.6 Å². The number of unbranched alkanes of at least 4 members (excludes halogenated alkanes) is 15. The summed E-state index contributed by atoms with van der Waals surface area (Å²) in [4.78, 5) is 0. The van der Waals surface area contributed by atoms with E-state index >= 15 is 4.39 Å². The van der Waals surface area contributed by atoms with E-state index < -0.39 is 5.67 Å². The van der Waals surface area contributed by atoms with Gasteiger partial charge in [0.25, 0.3) is 0 Å². The number of alkyl halides is 1. The minimum absolute atomic E-state index is 0.418. The second kappa shape index (κ2) is 15.7. The number of rotatable bonds is 17. The molecule has 2 rings (SSSR count). The van der Waals surface area contributed by atoms with Gasteiger partial charge in [0.2, 0.25) is 0 Å². The summed E-state index contributed by atoms with van der Waals surface area (Å²) < 4.78 is 15.6. The summed E-state index contributed by atoms with van der Waals surface area (Å²) in [6, 6.07) is 0. The standard InChI is InChI=1S/C28H53F/c1-2-3-4-5-6-7-8-9-10-11-12-13-14-15-16-19-24-28(29)25-20-22-26-21-17-18-23-27(26)28/h26-27H,2-25H2,1H3. The lowest BCUT2D eigenvalue weighted by Crippen LogP contribution is -2.43. The molecule has 0 bridgehead atoms. The maximum Gasteiger partial charge on any atom is 0.114 e. The van der Waals surface area contributed by atoms with E-state index in [1.165, 1.54) is 128 Å². The van der Waals surface area contributed by atoms with Crippen LogP contribution in [-0.4, -0.2) is 5.67 Å². The molecular weight excluding hydrogens is 355 g/mol. The van der Waals surface area contributed by atoms with Gasteiger partial charge in [0.1, 0.15) is 5.67 Å². The second-order valence-electron chi connectivity index (χ2n) is 10.6. The summed E-state index contributed by atoms with van der Waals surface area (Å²) in [7, 11) is 0. The number of halogens is 1. The van der Waals surface area contributed by atoms with E-state index in [2.05, 4.69) is 6.92 Å². The van der Waals surface area contributed by atoms with Gasteiger partial charge in [-0.25, -0.2) is 4.39 Å². The molecule has 2 aliphatic rings. The molecule has 1 heteroatoms. The van der Waals surface area contributed by atoms with Crippen LogP contribution in [0.15, 0.2) is 0 Å². The fourth-order valence-corrected chi connectivity index (χ4v) is 6.36. The van der Waals surface area contributed by atoms with E-state index in [0.29, 0.717) is 5.92 Å². The molecule has 0 aromatic carbocycles. The molecule has 0 aliphatic heterocycles. The van der Waals surface area contributed by atoms with Crippen molar-refractivity contribution in [2.75, 3.05) is 0 Å². The highest BCUT2D eigenvalue weighted by Gasteiger charge is 2.45. The summed E-state index contributed by atoms with van der Waals surface area (Å²) in [6.45, 7) is 2.29. The van der Waals surface area contributed by atoms with Gasteiger partial charge < -0.3 is 0 Å². The van der Waals surface area contributed by atoms with Crippen LogP contribution in [0, 0.1) is 11.8 Å². The van der Waals surface area contributed by atoms with E-state index in [1.807, 2.05) is 0 Å². The van der Waals surface area contributed by atoms with Gasteiger partial charge in [-0.05, 0) is 43.9 Å². The minimum Gasteiger partial charge on any atom is -0.244 e. The highest BCUT2D eigenvalue weighted by Crippen LogP contribution is 2.50. The summed E-state index contributed by atoms with van der Waals surface area (Å²) >= 11 is 0. The van der Waals surface area contributed by atoms with Crippen molar-refractivity contribution < 1.29 is 4.39 Å². The Labute approximate surface area is 183 Å². The molecule has 2 saturated carbocycles. The topological polar surface area (TPSA) is 0 Å². The molecule has 0 aromatic rings. The SMILES string of the molecule is CCCCCCCCCCCCCCCCCCC1(F)CCCC2CCCCC21. The fourth-order valence-electron chi connectivity index (χ4n) is 6.36. The zero-order valence-electron chi connectivity index (χ0n) is 20.0. The van der Waals surface area contributed by atoms with E-state index in [9.17, 15) is 0 Å². The molecule has 3 atom stereocenters. The Bertz CT molecular complexity index is 377. The number of fused-ring (bicyclic) bond motifs is 1. The van der Waals surface area contributed by atoms with Crippen molar-refractivity contribution in [3.63, 3.8) is 0 Å². The molecular formula is C28H53F. The molecule has 172 valence electrons. The van der Waals surface area contributed by atoms with Crippen LogP contribution in [-0.2, 0) is 0 Å². The molecule has 0 aromatic heterocycles. The fraction of sp³-hybridized carbons (Fsp3) is 1.00. The largest absolute Gasteiger partial charge is 0.244 e. The maximum absolute atomic E-state index is 15.6. The van der Waals surface area contributed by atoms with Crippen molar-refractivity contribution in [1.29, 1.82) is 0 Å². The predicted molar refractivity (Wildman–Crippen MR) is 127 cm³/mol. The smallest absolute Gasteiger partial charge is 0.114 e. The van der Waals surface area contributed by atoms with Crippen LogP contribution < -0.4 is 0 Å². The Morgan fingerprint density at radius 1 is 0.586 bits per heavy atom. The van der Waals surface area contributed by atoms with Gasteiger partial charge in [-0.3, -0.25) is 0 Å². The van der Waals surface area contributed by atoms with Crippen molar-refractivity contribution >= 4 is 0 Å². The predicted octanol–water partition coefficient (Wildman–Crippen LogP) is 10.3. The number of hydrogen-bond acceptors (Lipinski definition) is 0. The summed E-state index contributed by atoms with van der Waals surface area (Å²) in [6.07, 6.45) is 31.7. The summed E-state index contributed by atoms with van der Waals surface area (Å²) in [5, 5.41) is 0. The quantitative estimate of drug-likeness (QED) is 0.210. The van der Waals surface area contributed by atoms with Crippen molar-refractivity contribution in [2.24, 2.45) is 11.8 Å². The van der Waals surface area contributed by atoms with E-state index in [4.69, 9.17) is 0 Å². The molecule has 2 aliphatic carbocycles. The van der Waals surface area contributed by atoms with Crippen LogP contribution in [0.4, 0.5) is 4.39 Å². The maximum atomic E-state index is 15.6. The third kappa shape index (κ3) is 10.2. The monoisotopic (exact) mass is 408 g/mol. The van der Waals surface area contributed by atoms with Crippen molar-refractivity contribution in [3.05, 3.63) is 0 Å². The molecule has 3 unspecified atom stereocenters. The average molecular weight is 409 g/mol. The summed E-state index contributed by atoms with van der Waals surface area (Å²) in [5.41, 5.74) is -0.792. The molecule has 2 fully saturated rings. The first-order chi connectivity index (χ1) is 14.3. The van der Waals surface area contributed by atoms with Gasteiger partial charge >= 0.3 is 0 Å². The Morgan fingerprint density at radius 3 is 1.59 bits per heavy atom. The highest BCUT2D eigenvalue weighted by atomic mass is 19.1. The van der Waals surface area contributed by atoms with Crippen LogP contribution >= 0.6 is 0 Å². The third-order valence-electron chi connectivity index (χ3n) is 8.19. The minimum atomic E-state index is -0.792. The van der Waals surface area contributed by atoms with Gasteiger partial charge in [-0.15, -0.1) is 0 Å². The van der Waals surface area contributed by atoms with Gasteiger partial charge in [-0.1, -0.05) is 129 Å². The van der Waals surface area contributed by atoms with E-state index in [-0.39, 0.29) is 0 Å². The van der Waals surface area contributed by atoms with Crippen LogP contribution in [0.5, 0.6) is 0 Å². The van der Waals surface area contributed by atoms with Gasteiger partial charge in [0.05, 0.1) is 0 Å². The average Bonchev–Trinajstić information content (AvgIpc) is 2.74. The first-order valence-corrected chi connectivity index (χ1v) is 13.9. The van der Waals surface area contributed by atoms with Gasteiger partial charge in [0.15, 0.2) is 0 Å². The lowest BCUT2D eigenvalue weighted by atomic mass is 9.62. The molecule has 0 radical (unpaired) electrons. The Kier molecular flexibility index (Phi) is 13.6. The molecule has 0 N–H and O–H groups in total. The zero-order chi connectivity index (χ0) is 20.6. The molecule has 0 amide bonds. The van der Waals surface area contributed by atoms with Crippen LogP contribution in [0.2, 0.25) is 0 Å². The highest BCUT2D eigenvalue weighted by molar-refractivity contribution is 4.96.